The number of Topliss-reactive ketones (excluding diaryl/α,β-unsaturated/α-hetero) is 1. The van der Waals surface area contributed by atoms with Crippen molar-refractivity contribution in [3.63, 3.8) is 0 Å². The van der Waals surface area contributed by atoms with Crippen LogP contribution in [0.4, 0.5) is 0 Å². The molecule has 0 radical (unpaired) electrons. The minimum absolute atomic E-state index is 0.318. The second kappa shape index (κ2) is 14.2. The summed E-state index contributed by atoms with van der Waals surface area (Å²) < 4.78 is 0. The molecular formula is C29H45N5O5. The highest BCUT2D eigenvalue weighted by atomic mass is 16.2. The Morgan fingerprint density at radius 3 is 2.03 bits per heavy atom. The van der Waals surface area contributed by atoms with Gasteiger partial charge in [0.2, 0.25) is 17.6 Å². The number of benzene rings is 1. The fourth-order valence-corrected chi connectivity index (χ4v) is 4.39. The van der Waals surface area contributed by atoms with Crippen LogP contribution in [0.5, 0.6) is 0 Å². The summed E-state index contributed by atoms with van der Waals surface area (Å²) in [5.41, 5.74) is -0.231. The van der Waals surface area contributed by atoms with Crippen LogP contribution in [0.25, 0.3) is 0 Å². The number of carbonyl (C=O) groups is 5. The van der Waals surface area contributed by atoms with Crippen molar-refractivity contribution in [2.75, 3.05) is 26.7 Å². The highest BCUT2D eigenvalue weighted by Crippen LogP contribution is 2.20. The predicted octanol–water partition coefficient (Wildman–Crippen LogP) is 1.50. The van der Waals surface area contributed by atoms with Crippen molar-refractivity contribution in [1.29, 1.82) is 0 Å². The molecule has 1 aromatic carbocycles. The Kier molecular flexibility index (Phi) is 11.6. The Hall–Kier alpha value is -3.27. The lowest BCUT2D eigenvalue weighted by Crippen LogP contribution is -2.59. The zero-order chi connectivity index (χ0) is 29.3. The number of hydrogen-bond donors (Lipinski definition) is 4. The van der Waals surface area contributed by atoms with Gasteiger partial charge in [-0.25, -0.2) is 0 Å². The van der Waals surface area contributed by atoms with E-state index in [1.54, 1.807) is 44.2 Å². The normalized spacial score (nSPS) is 17.0. The Balaban J connectivity index is 1.98. The lowest BCUT2D eigenvalue weighted by Gasteiger charge is -2.31. The first-order chi connectivity index (χ1) is 18.2. The molecule has 1 aliphatic heterocycles. The zero-order valence-corrected chi connectivity index (χ0v) is 24.3. The summed E-state index contributed by atoms with van der Waals surface area (Å²) >= 11 is 0. The summed E-state index contributed by atoms with van der Waals surface area (Å²) in [6.45, 7) is 12.7. The van der Waals surface area contributed by atoms with Gasteiger partial charge >= 0.3 is 0 Å². The molecule has 0 aromatic heterocycles. The van der Waals surface area contributed by atoms with Gasteiger partial charge in [-0.3, -0.25) is 24.0 Å². The monoisotopic (exact) mass is 543 g/mol. The third-order valence-electron chi connectivity index (χ3n) is 7.05. The lowest BCUT2D eigenvalue weighted by atomic mass is 9.85. The van der Waals surface area contributed by atoms with Crippen LogP contribution in [0.1, 0.15) is 64.7 Å². The summed E-state index contributed by atoms with van der Waals surface area (Å²) in [6.07, 6.45) is 1.90. The largest absolute Gasteiger partial charge is 0.349 e. The van der Waals surface area contributed by atoms with Crippen molar-refractivity contribution in [2.24, 2.45) is 17.3 Å². The van der Waals surface area contributed by atoms with Crippen molar-refractivity contribution in [2.45, 2.75) is 72.5 Å². The number of ketones is 1. The topological polar surface area (TPSA) is 137 Å². The molecule has 10 nitrogen and oxygen atoms in total. The smallest absolute Gasteiger partial charge is 0.289 e. The molecule has 0 saturated carbocycles. The van der Waals surface area contributed by atoms with Crippen molar-refractivity contribution in [3.05, 3.63) is 35.9 Å². The maximum atomic E-state index is 13.1. The lowest BCUT2D eigenvalue weighted by molar-refractivity contribution is -0.141. The number of hydrogen-bond acceptors (Lipinski definition) is 6. The average molecular weight is 544 g/mol. The van der Waals surface area contributed by atoms with E-state index in [9.17, 15) is 24.0 Å². The van der Waals surface area contributed by atoms with E-state index in [2.05, 4.69) is 33.2 Å². The molecule has 1 saturated heterocycles. The van der Waals surface area contributed by atoms with Crippen molar-refractivity contribution >= 4 is 29.4 Å². The van der Waals surface area contributed by atoms with Gasteiger partial charge in [0.05, 0.1) is 6.04 Å². The quantitative estimate of drug-likeness (QED) is 0.312. The SMILES string of the molecule is CC(NC(=O)C(NC(=O)c1ccccc1)C(C)(C)C)C(=O)NC(C(=O)C(=O)NCC1CCN(C)CC1)C(C)C. The molecule has 216 valence electrons. The van der Waals surface area contributed by atoms with Crippen LogP contribution in [0.15, 0.2) is 30.3 Å². The molecule has 2 rings (SSSR count). The predicted molar refractivity (Wildman–Crippen MR) is 150 cm³/mol. The number of nitrogens with zero attached hydrogens (tertiary/aromatic N) is 1. The molecule has 4 N–H and O–H groups in total. The van der Waals surface area contributed by atoms with E-state index in [1.807, 2.05) is 20.8 Å². The summed E-state index contributed by atoms with van der Waals surface area (Å²) in [4.78, 5) is 66.6. The highest BCUT2D eigenvalue weighted by Gasteiger charge is 2.36. The van der Waals surface area contributed by atoms with Crippen LogP contribution in [0.3, 0.4) is 0 Å². The van der Waals surface area contributed by atoms with Gasteiger partial charge in [0.15, 0.2) is 0 Å². The molecule has 10 heteroatoms. The van der Waals surface area contributed by atoms with Crippen molar-refractivity contribution in [3.8, 4) is 0 Å². The first-order valence-electron chi connectivity index (χ1n) is 13.7. The second-order valence-electron chi connectivity index (χ2n) is 11.9. The van der Waals surface area contributed by atoms with E-state index < -0.39 is 53.0 Å². The van der Waals surface area contributed by atoms with Gasteiger partial charge in [0, 0.05) is 12.1 Å². The third-order valence-corrected chi connectivity index (χ3v) is 7.05. The van der Waals surface area contributed by atoms with Crippen molar-refractivity contribution < 1.29 is 24.0 Å². The summed E-state index contributed by atoms with van der Waals surface area (Å²) in [7, 11) is 2.06. The molecular weight excluding hydrogens is 498 g/mol. The molecule has 1 aliphatic rings. The fraction of sp³-hybridized carbons (Fsp3) is 0.621. The molecule has 39 heavy (non-hydrogen) atoms. The molecule has 4 amide bonds. The van der Waals surface area contributed by atoms with Crippen LogP contribution >= 0.6 is 0 Å². The minimum Gasteiger partial charge on any atom is -0.349 e. The van der Waals surface area contributed by atoms with E-state index in [0.717, 1.165) is 25.9 Å². The van der Waals surface area contributed by atoms with Crippen LogP contribution in [-0.4, -0.2) is 79.1 Å². The van der Waals surface area contributed by atoms with E-state index in [4.69, 9.17) is 0 Å². The molecule has 1 heterocycles. The standard InChI is InChI=1S/C29H45N5O5/c1-18(2)22(23(35)27(38)30-17-20-13-15-34(7)16-14-20)32-25(36)19(3)31-28(39)24(29(4,5)6)33-26(37)21-11-9-8-10-12-21/h8-12,18-20,22,24H,13-17H2,1-7H3,(H,30,38)(H,31,39)(H,32,36)(H,33,37). The van der Waals surface area contributed by atoms with Crippen LogP contribution in [0, 0.1) is 17.3 Å². The molecule has 0 spiro atoms. The number of likely N-dealkylation sites (tertiary alicyclic amines) is 1. The van der Waals surface area contributed by atoms with Crippen LogP contribution in [0.2, 0.25) is 0 Å². The number of nitrogens with one attached hydrogen (secondary N) is 4. The maximum Gasteiger partial charge on any atom is 0.289 e. The highest BCUT2D eigenvalue weighted by molar-refractivity contribution is 6.38. The third kappa shape index (κ3) is 9.76. The second-order valence-corrected chi connectivity index (χ2v) is 11.9. The number of carbonyl (C=O) groups excluding carboxylic acids is 5. The molecule has 0 aliphatic carbocycles. The van der Waals surface area contributed by atoms with Gasteiger partial charge < -0.3 is 26.2 Å². The van der Waals surface area contributed by atoms with Gasteiger partial charge in [-0.2, -0.15) is 0 Å². The van der Waals surface area contributed by atoms with E-state index in [0.29, 0.717) is 18.0 Å². The van der Waals surface area contributed by atoms with Gasteiger partial charge in [0.25, 0.3) is 11.8 Å². The first-order valence-corrected chi connectivity index (χ1v) is 13.7. The van der Waals surface area contributed by atoms with Gasteiger partial charge in [-0.1, -0.05) is 52.8 Å². The summed E-state index contributed by atoms with van der Waals surface area (Å²) in [5.74, 6) is -2.99. The van der Waals surface area contributed by atoms with Gasteiger partial charge in [0.1, 0.15) is 12.1 Å². The van der Waals surface area contributed by atoms with E-state index >= 15 is 0 Å². The molecule has 3 unspecified atom stereocenters. The summed E-state index contributed by atoms with van der Waals surface area (Å²) in [6, 6.07) is 5.58. The zero-order valence-electron chi connectivity index (χ0n) is 24.3. The maximum absolute atomic E-state index is 13.1. The van der Waals surface area contributed by atoms with Crippen LogP contribution < -0.4 is 21.3 Å². The Morgan fingerprint density at radius 2 is 1.49 bits per heavy atom. The number of amides is 4. The Morgan fingerprint density at radius 1 is 0.897 bits per heavy atom. The first kappa shape index (κ1) is 31.9. The van der Waals surface area contributed by atoms with Crippen LogP contribution in [-0.2, 0) is 19.2 Å². The molecule has 0 bridgehead atoms. The van der Waals surface area contributed by atoms with Gasteiger partial charge in [-0.05, 0) is 69.3 Å². The number of piperidine rings is 1. The minimum atomic E-state index is -1.04. The molecule has 1 aromatic rings. The number of rotatable bonds is 11. The van der Waals surface area contributed by atoms with E-state index in [-0.39, 0.29) is 5.92 Å². The Bertz CT molecular complexity index is 1010. The fourth-order valence-electron chi connectivity index (χ4n) is 4.39. The summed E-state index contributed by atoms with van der Waals surface area (Å²) in [5, 5.41) is 10.8. The van der Waals surface area contributed by atoms with E-state index in [1.165, 1.54) is 6.92 Å². The van der Waals surface area contributed by atoms with Crippen molar-refractivity contribution in [1.82, 2.24) is 26.2 Å². The molecule has 1 fully saturated rings. The average Bonchev–Trinajstić information content (AvgIpc) is 2.88. The molecule has 3 atom stereocenters. The van der Waals surface area contributed by atoms with Gasteiger partial charge in [-0.15, -0.1) is 0 Å². The Labute approximate surface area is 232 Å².